The Hall–Kier alpha value is -1.06. The van der Waals surface area contributed by atoms with Gasteiger partial charge < -0.3 is 10.1 Å². The zero-order valence-electron chi connectivity index (χ0n) is 11.8. The zero-order chi connectivity index (χ0) is 14.8. The first-order chi connectivity index (χ1) is 10.2. The molecule has 2 aromatic carbocycles. The van der Waals surface area contributed by atoms with Crippen molar-refractivity contribution in [3.63, 3.8) is 0 Å². The molecule has 110 valence electrons. The van der Waals surface area contributed by atoms with Crippen molar-refractivity contribution >= 4 is 23.2 Å². The summed E-state index contributed by atoms with van der Waals surface area (Å²) in [5.74, 6) is 0. The van der Waals surface area contributed by atoms with Crippen LogP contribution in [0.4, 0.5) is 0 Å². The van der Waals surface area contributed by atoms with Gasteiger partial charge in [0.15, 0.2) is 0 Å². The van der Waals surface area contributed by atoms with Crippen LogP contribution in [0.25, 0.3) is 0 Å². The molecule has 0 aromatic heterocycles. The van der Waals surface area contributed by atoms with Crippen molar-refractivity contribution in [2.24, 2.45) is 0 Å². The molecule has 1 unspecified atom stereocenters. The average Bonchev–Trinajstić information content (AvgIpc) is 2.95. The second-order valence-corrected chi connectivity index (χ2v) is 6.02. The Bertz CT molecular complexity index is 657. The van der Waals surface area contributed by atoms with E-state index in [0.29, 0.717) is 18.2 Å². The van der Waals surface area contributed by atoms with E-state index in [1.807, 2.05) is 18.2 Å². The lowest BCUT2D eigenvalue weighted by molar-refractivity contribution is 0.134. The maximum atomic E-state index is 6.37. The molecule has 0 saturated carbocycles. The summed E-state index contributed by atoms with van der Waals surface area (Å²) in [5, 5.41) is 4.91. The number of ether oxygens (including phenoxy) is 1. The largest absolute Gasteiger partial charge is 0.372 e. The minimum absolute atomic E-state index is 0.0344. The summed E-state index contributed by atoms with van der Waals surface area (Å²) in [5.41, 5.74) is 4.72. The maximum Gasteiger partial charge on any atom is 0.0725 e. The van der Waals surface area contributed by atoms with Gasteiger partial charge in [0.25, 0.3) is 0 Å². The van der Waals surface area contributed by atoms with Crippen LogP contribution in [-0.4, -0.2) is 6.54 Å². The third-order valence-corrected chi connectivity index (χ3v) is 4.34. The Morgan fingerprint density at radius 2 is 1.90 bits per heavy atom. The third kappa shape index (κ3) is 3.09. The Balaban J connectivity index is 2.03. The van der Waals surface area contributed by atoms with Crippen molar-refractivity contribution < 1.29 is 4.74 Å². The smallest absolute Gasteiger partial charge is 0.0725 e. The minimum atomic E-state index is 0.0344. The van der Waals surface area contributed by atoms with Gasteiger partial charge >= 0.3 is 0 Å². The number of rotatable bonds is 4. The first-order valence-corrected chi connectivity index (χ1v) is 7.82. The molecular formula is C17H17Cl2NO. The molecule has 0 saturated heterocycles. The summed E-state index contributed by atoms with van der Waals surface area (Å²) in [6, 6.07) is 12.1. The van der Waals surface area contributed by atoms with Crippen LogP contribution in [0.3, 0.4) is 0 Å². The second kappa shape index (κ2) is 6.37. The van der Waals surface area contributed by atoms with E-state index in [1.165, 1.54) is 16.7 Å². The molecule has 1 N–H and O–H groups in total. The summed E-state index contributed by atoms with van der Waals surface area (Å²) >= 11 is 12.5. The molecule has 4 heteroatoms. The minimum Gasteiger partial charge on any atom is -0.372 e. The lowest BCUT2D eigenvalue weighted by atomic mass is 9.95. The summed E-state index contributed by atoms with van der Waals surface area (Å²) in [6.45, 7) is 4.33. The van der Waals surface area contributed by atoms with Crippen molar-refractivity contribution in [3.05, 3.63) is 68.7 Å². The molecule has 2 aromatic rings. The van der Waals surface area contributed by atoms with Crippen molar-refractivity contribution in [1.82, 2.24) is 5.32 Å². The fraction of sp³-hybridized carbons (Fsp3) is 0.294. The Kier molecular flexibility index (Phi) is 4.51. The predicted molar refractivity (Wildman–Crippen MR) is 86.9 cm³/mol. The van der Waals surface area contributed by atoms with E-state index >= 15 is 0 Å². The van der Waals surface area contributed by atoms with Gasteiger partial charge in [-0.15, -0.1) is 0 Å². The molecule has 21 heavy (non-hydrogen) atoms. The summed E-state index contributed by atoms with van der Waals surface area (Å²) in [7, 11) is 0. The van der Waals surface area contributed by atoms with Gasteiger partial charge in [-0.25, -0.2) is 0 Å². The van der Waals surface area contributed by atoms with Crippen LogP contribution in [0.5, 0.6) is 0 Å². The molecule has 1 heterocycles. The Morgan fingerprint density at radius 3 is 2.71 bits per heavy atom. The van der Waals surface area contributed by atoms with Gasteiger partial charge in [-0.1, -0.05) is 48.3 Å². The van der Waals surface area contributed by atoms with Crippen molar-refractivity contribution in [2.45, 2.75) is 26.2 Å². The van der Waals surface area contributed by atoms with Gasteiger partial charge in [0.2, 0.25) is 0 Å². The van der Waals surface area contributed by atoms with E-state index in [0.717, 1.165) is 17.1 Å². The van der Waals surface area contributed by atoms with Crippen LogP contribution in [-0.2, 0) is 18.0 Å². The van der Waals surface area contributed by atoms with E-state index in [4.69, 9.17) is 27.9 Å². The highest BCUT2D eigenvalue weighted by Crippen LogP contribution is 2.32. The van der Waals surface area contributed by atoms with Crippen molar-refractivity contribution in [3.8, 4) is 0 Å². The molecule has 0 spiro atoms. The van der Waals surface area contributed by atoms with Crippen LogP contribution >= 0.6 is 23.2 Å². The topological polar surface area (TPSA) is 21.3 Å². The third-order valence-electron chi connectivity index (χ3n) is 3.76. The first-order valence-electron chi connectivity index (χ1n) is 7.07. The van der Waals surface area contributed by atoms with Crippen LogP contribution in [0.1, 0.15) is 35.2 Å². The molecule has 0 aliphatic carbocycles. The van der Waals surface area contributed by atoms with Crippen LogP contribution < -0.4 is 5.32 Å². The molecule has 1 aliphatic heterocycles. The number of hydrogen-bond donors (Lipinski definition) is 1. The van der Waals surface area contributed by atoms with E-state index in [9.17, 15) is 0 Å². The molecule has 3 rings (SSSR count). The molecule has 0 bridgehead atoms. The van der Waals surface area contributed by atoms with Gasteiger partial charge in [-0.05, 0) is 47.0 Å². The van der Waals surface area contributed by atoms with Gasteiger partial charge in [0.05, 0.1) is 19.3 Å². The van der Waals surface area contributed by atoms with Crippen LogP contribution in [0.15, 0.2) is 36.4 Å². The lowest BCUT2D eigenvalue weighted by Gasteiger charge is -2.21. The molecule has 2 nitrogen and oxygen atoms in total. The molecule has 0 radical (unpaired) electrons. The monoisotopic (exact) mass is 321 g/mol. The average molecular weight is 322 g/mol. The summed E-state index contributed by atoms with van der Waals surface area (Å²) in [4.78, 5) is 0. The maximum absolute atomic E-state index is 6.37. The Labute approximate surface area is 135 Å². The predicted octanol–water partition coefficient (Wildman–Crippen LogP) is 4.72. The van der Waals surface area contributed by atoms with E-state index in [2.05, 4.69) is 30.4 Å². The highest BCUT2D eigenvalue weighted by Gasteiger charge is 2.19. The highest BCUT2D eigenvalue weighted by molar-refractivity contribution is 6.33. The second-order valence-electron chi connectivity index (χ2n) is 5.18. The van der Waals surface area contributed by atoms with Crippen LogP contribution in [0.2, 0.25) is 10.0 Å². The SMILES string of the molecule is CCNC(c1ccc2c(c1)COC2)c1cc(Cl)ccc1Cl. The highest BCUT2D eigenvalue weighted by atomic mass is 35.5. The fourth-order valence-corrected chi connectivity index (χ4v) is 3.13. The summed E-state index contributed by atoms with van der Waals surface area (Å²) in [6.07, 6.45) is 0. The van der Waals surface area contributed by atoms with Gasteiger partial charge in [0, 0.05) is 10.0 Å². The number of hydrogen-bond acceptors (Lipinski definition) is 2. The molecular weight excluding hydrogens is 305 g/mol. The van der Waals surface area contributed by atoms with E-state index < -0.39 is 0 Å². The van der Waals surface area contributed by atoms with Gasteiger partial charge in [0.1, 0.15) is 0 Å². The van der Waals surface area contributed by atoms with E-state index in [1.54, 1.807) is 0 Å². The lowest BCUT2D eigenvalue weighted by Crippen LogP contribution is -2.22. The van der Waals surface area contributed by atoms with E-state index in [-0.39, 0.29) is 6.04 Å². The number of nitrogens with one attached hydrogen (secondary N) is 1. The molecule has 1 aliphatic rings. The fourth-order valence-electron chi connectivity index (χ4n) is 2.72. The van der Waals surface area contributed by atoms with Crippen molar-refractivity contribution in [2.75, 3.05) is 6.54 Å². The summed E-state index contributed by atoms with van der Waals surface area (Å²) < 4.78 is 5.49. The zero-order valence-corrected chi connectivity index (χ0v) is 13.3. The number of benzene rings is 2. The van der Waals surface area contributed by atoms with Crippen LogP contribution in [0, 0.1) is 0 Å². The standard InChI is InChI=1S/C17H17Cl2NO/c1-2-20-17(15-8-14(18)5-6-16(15)19)11-3-4-12-9-21-10-13(12)7-11/h3-8,17,20H,2,9-10H2,1H3. The normalized spacial score (nSPS) is 15.0. The quantitative estimate of drug-likeness (QED) is 0.879. The number of halogens is 2. The van der Waals surface area contributed by atoms with Gasteiger partial charge in [-0.3, -0.25) is 0 Å². The number of fused-ring (bicyclic) bond motifs is 1. The van der Waals surface area contributed by atoms with Crippen molar-refractivity contribution in [1.29, 1.82) is 0 Å². The van der Waals surface area contributed by atoms with Gasteiger partial charge in [-0.2, -0.15) is 0 Å². The first kappa shape index (κ1) is 14.9. The molecule has 1 atom stereocenters. The Morgan fingerprint density at radius 1 is 1.10 bits per heavy atom. The molecule has 0 fully saturated rings. The molecule has 0 amide bonds.